The Hall–Kier alpha value is -1.25. The van der Waals surface area contributed by atoms with Gasteiger partial charge in [-0.15, -0.1) is 0 Å². The molecule has 3 nitrogen and oxygen atoms in total. The van der Waals surface area contributed by atoms with Crippen molar-refractivity contribution in [2.45, 2.75) is 43.9 Å². The summed E-state index contributed by atoms with van der Waals surface area (Å²) in [6.07, 6.45) is -2.22. The van der Waals surface area contributed by atoms with Crippen molar-refractivity contribution in [3.8, 4) is 6.07 Å². The van der Waals surface area contributed by atoms with Gasteiger partial charge in [0.1, 0.15) is 6.04 Å². The average molecular weight is 232 g/mol. The second-order valence-corrected chi connectivity index (χ2v) is 4.35. The molecule has 0 aromatic heterocycles. The van der Waals surface area contributed by atoms with Crippen LogP contribution in [0.25, 0.3) is 0 Å². The van der Waals surface area contributed by atoms with E-state index in [4.69, 9.17) is 5.26 Å². The molecule has 1 aliphatic heterocycles. The van der Waals surface area contributed by atoms with Crippen molar-refractivity contribution in [3.63, 3.8) is 0 Å². The summed E-state index contributed by atoms with van der Waals surface area (Å²) in [5, 5.41) is 8.79. The van der Waals surface area contributed by atoms with Crippen LogP contribution in [-0.4, -0.2) is 29.1 Å². The van der Waals surface area contributed by atoms with Crippen LogP contribution < -0.4 is 0 Å². The van der Waals surface area contributed by atoms with Crippen LogP contribution in [0.2, 0.25) is 0 Å². The number of carbonyl (C=O) groups is 1. The molecule has 0 unspecified atom stereocenters. The van der Waals surface area contributed by atoms with Crippen LogP contribution in [0.3, 0.4) is 0 Å². The number of nitriles is 1. The summed E-state index contributed by atoms with van der Waals surface area (Å²) in [6, 6.07) is 0.526. The molecule has 2 fully saturated rings. The molecule has 0 aromatic carbocycles. The summed E-state index contributed by atoms with van der Waals surface area (Å²) in [6.45, 7) is 0. The first-order valence-electron chi connectivity index (χ1n) is 5.24. The van der Waals surface area contributed by atoms with Crippen LogP contribution in [0.1, 0.15) is 25.7 Å². The first-order chi connectivity index (χ1) is 7.45. The van der Waals surface area contributed by atoms with E-state index in [1.54, 1.807) is 6.07 Å². The van der Waals surface area contributed by atoms with Crippen LogP contribution in [-0.2, 0) is 4.79 Å². The number of nitrogens with zero attached hydrogens (tertiary/aromatic N) is 2. The summed E-state index contributed by atoms with van der Waals surface area (Å²) in [4.78, 5) is 12.0. The molecule has 1 saturated heterocycles. The smallest absolute Gasteiger partial charge is 0.316 e. The van der Waals surface area contributed by atoms with E-state index in [2.05, 4.69) is 0 Å². The fourth-order valence-electron chi connectivity index (χ4n) is 2.84. The summed E-state index contributed by atoms with van der Waals surface area (Å²) < 4.78 is 37.1. The van der Waals surface area contributed by atoms with Gasteiger partial charge in [0.05, 0.1) is 6.07 Å². The molecule has 1 amide bonds. The number of hydrogen-bond donors (Lipinski definition) is 0. The molecule has 2 aliphatic rings. The van der Waals surface area contributed by atoms with E-state index in [1.807, 2.05) is 0 Å². The minimum Gasteiger partial charge on any atom is -0.316 e. The molecule has 0 bridgehead atoms. The Bertz CT molecular complexity index is 347. The third kappa shape index (κ3) is 1.64. The molecule has 88 valence electrons. The number of alkyl halides is 3. The normalized spacial score (nSPS) is 33.6. The van der Waals surface area contributed by atoms with E-state index in [0.717, 1.165) is 17.7 Å². The molecule has 1 heterocycles. The highest BCUT2D eigenvalue weighted by atomic mass is 19.4. The van der Waals surface area contributed by atoms with Gasteiger partial charge in [-0.05, 0) is 25.2 Å². The van der Waals surface area contributed by atoms with Crippen LogP contribution in [0.15, 0.2) is 0 Å². The number of fused-ring (bicyclic) bond motifs is 1. The van der Waals surface area contributed by atoms with Crippen LogP contribution in [0, 0.1) is 17.2 Å². The van der Waals surface area contributed by atoms with Gasteiger partial charge in [0.25, 0.3) is 0 Å². The highest BCUT2D eigenvalue weighted by Gasteiger charge is 2.53. The summed E-state index contributed by atoms with van der Waals surface area (Å²) in [5.74, 6) is -1.77. The number of carbonyl (C=O) groups excluding carboxylic acids is 1. The lowest BCUT2D eigenvalue weighted by atomic mass is 10.0. The Morgan fingerprint density at radius 3 is 2.62 bits per heavy atom. The van der Waals surface area contributed by atoms with E-state index in [1.165, 1.54) is 0 Å². The molecule has 0 radical (unpaired) electrons. The third-order valence-electron chi connectivity index (χ3n) is 3.46. The van der Waals surface area contributed by atoms with Crippen LogP contribution >= 0.6 is 0 Å². The van der Waals surface area contributed by atoms with Crippen molar-refractivity contribution in [3.05, 3.63) is 0 Å². The molecule has 0 aromatic rings. The van der Waals surface area contributed by atoms with Crippen molar-refractivity contribution >= 4 is 5.91 Å². The Balaban J connectivity index is 2.24. The first-order valence-corrected chi connectivity index (χ1v) is 5.24. The maximum absolute atomic E-state index is 12.4. The summed E-state index contributed by atoms with van der Waals surface area (Å²) in [7, 11) is 0. The molecule has 3 atom stereocenters. The van der Waals surface area contributed by atoms with Gasteiger partial charge in [0, 0.05) is 6.04 Å². The Labute approximate surface area is 90.8 Å². The maximum atomic E-state index is 12.4. The van der Waals surface area contributed by atoms with Gasteiger partial charge in [-0.3, -0.25) is 4.79 Å². The number of hydrogen-bond acceptors (Lipinski definition) is 2. The predicted octanol–water partition coefficient (Wildman–Crippen LogP) is 1.84. The second kappa shape index (κ2) is 3.65. The van der Waals surface area contributed by atoms with Crippen molar-refractivity contribution in [2.75, 3.05) is 0 Å². The van der Waals surface area contributed by atoms with E-state index < -0.39 is 18.1 Å². The predicted molar refractivity (Wildman–Crippen MR) is 48.0 cm³/mol. The fourth-order valence-corrected chi connectivity index (χ4v) is 2.84. The molecule has 0 N–H and O–H groups in total. The Morgan fingerprint density at radius 2 is 2.06 bits per heavy atom. The molecular weight excluding hydrogens is 221 g/mol. The summed E-state index contributed by atoms with van der Waals surface area (Å²) in [5.41, 5.74) is 0. The SMILES string of the molecule is N#C[C@@H]1C[C@@H]2CCC[C@H]2N1C(=O)C(F)(F)F. The summed E-state index contributed by atoms with van der Waals surface area (Å²) >= 11 is 0. The van der Waals surface area contributed by atoms with E-state index in [9.17, 15) is 18.0 Å². The largest absolute Gasteiger partial charge is 0.471 e. The molecule has 16 heavy (non-hydrogen) atoms. The quantitative estimate of drug-likeness (QED) is 0.639. The molecule has 6 heteroatoms. The Morgan fingerprint density at radius 1 is 1.38 bits per heavy atom. The minimum absolute atomic E-state index is 0.0796. The molecule has 1 saturated carbocycles. The first kappa shape index (κ1) is 11.2. The number of amides is 1. The van der Waals surface area contributed by atoms with Gasteiger partial charge in [-0.2, -0.15) is 18.4 Å². The highest BCUT2D eigenvalue weighted by Crippen LogP contribution is 2.42. The average Bonchev–Trinajstić information content (AvgIpc) is 2.73. The zero-order valence-electron chi connectivity index (χ0n) is 8.50. The van der Waals surface area contributed by atoms with Crippen LogP contribution in [0.5, 0.6) is 0 Å². The maximum Gasteiger partial charge on any atom is 0.471 e. The monoisotopic (exact) mass is 232 g/mol. The van der Waals surface area contributed by atoms with Gasteiger partial charge < -0.3 is 4.90 Å². The standard InChI is InChI=1S/C10H11F3N2O/c11-10(12,13)9(16)15-7(5-14)4-6-2-1-3-8(6)15/h6-8H,1-4H2/t6-,7-,8+/m0/s1. The van der Waals surface area contributed by atoms with Gasteiger partial charge in [0.15, 0.2) is 0 Å². The lowest BCUT2D eigenvalue weighted by Crippen LogP contribution is -2.47. The highest BCUT2D eigenvalue weighted by molar-refractivity contribution is 5.83. The van der Waals surface area contributed by atoms with Crippen molar-refractivity contribution in [2.24, 2.45) is 5.92 Å². The zero-order valence-corrected chi connectivity index (χ0v) is 8.50. The van der Waals surface area contributed by atoms with Gasteiger partial charge >= 0.3 is 12.1 Å². The number of likely N-dealkylation sites (tertiary alicyclic amines) is 1. The van der Waals surface area contributed by atoms with E-state index in [-0.39, 0.29) is 12.0 Å². The zero-order chi connectivity index (χ0) is 11.9. The lowest BCUT2D eigenvalue weighted by Gasteiger charge is -2.27. The van der Waals surface area contributed by atoms with Gasteiger partial charge in [-0.1, -0.05) is 6.42 Å². The topological polar surface area (TPSA) is 44.1 Å². The third-order valence-corrected chi connectivity index (χ3v) is 3.46. The molecule has 2 rings (SSSR count). The lowest BCUT2D eigenvalue weighted by molar-refractivity contribution is -0.187. The molecular formula is C10H11F3N2O. The number of rotatable bonds is 0. The minimum atomic E-state index is -4.87. The van der Waals surface area contributed by atoms with Gasteiger partial charge in [0.2, 0.25) is 0 Å². The van der Waals surface area contributed by atoms with E-state index in [0.29, 0.717) is 12.8 Å². The van der Waals surface area contributed by atoms with Crippen LogP contribution in [0.4, 0.5) is 13.2 Å². The van der Waals surface area contributed by atoms with Crippen molar-refractivity contribution < 1.29 is 18.0 Å². The van der Waals surface area contributed by atoms with Crippen molar-refractivity contribution in [1.29, 1.82) is 5.26 Å². The Kier molecular flexibility index (Phi) is 2.56. The molecule has 1 aliphatic carbocycles. The van der Waals surface area contributed by atoms with Gasteiger partial charge in [-0.25, -0.2) is 0 Å². The number of halogens is 3. The van der Waals surface area contributed by atoms with Crippen molar-refractivity contribution in [1.82, 2.24) is 4.90 Å². The second-order valence-electron chi connectivity index (χ2n) is 4.35. The fraction of sp³-hybridized carbons (Fsp3) is 0.800. The molecule has 0 spiro atoms. The van der Waals surface area contributed by atoms with E-state index >= 15 is 0 Å².